The van der Waals surface area contributed by atoms with E-state index < -0.39 is 23.6 Å². The lowest BCUT2D eigenvalue weighted by Crippen LogP contribution is -2.56. The third-order valence-corrected chi connectivity index (χ3v) is 4.18. The van der Waals surface area contributed by atoms with E-state index in [1.54, 1.807) is 11.8 Å². The van der Waals surface area contributed by atoms with Gasteiger partial charge in [-0.3, -0.25) is 9.69 Å². The van der Waals surface area contributed by atoms with E-state index in [1.165, 1.54) is 6.07 Å². The van der Waals surface area contributed by atoms with E-state index in [2.05, 4.69) is 0 Å². The summed E-state index contributed by atoms with van der Waals surface area (Å²) in [4.78, 5) is 16.0. The van der Waals surface area contributed by atoms with Crippen molar-refractivity contribution in [2.45, 2.75) is 39.5 Å². The van der Waals surface area contributed by atoms with E-state index in [-0.39, 0.29) is 12.5 Å². The van der Waals surface area contributed by atoms with Gasteiger partial charge in [0.25, 0.3) is 0 Å². The van der Waals surface area contributed by atoms with Gasteiger partial charge in [0.1, 0.15) is 5.82 Å². The smallest absolute Gasteiger partial charge is 0.340 e. The van der Waals surface area contributed by atoms with Crippen molar-refractivity contribution < 1.29 is 22.4 Å². The molecule has 0 aliphatic carbocycles. The highest BCUT2D eigenvalue weighted by Crippen LogP contribution is 2.32. The molecule has 0 aromatic heterocycles. The van der Waals surface area contributed by atoms with Crippen molar-refractivity contribution in [2.75, 3.05) is 19.6 Å². The number of amides is 1. The summed E-state index contributed by atoms with van der Waals surface area (Å²) in [6, 6.07) is 2.59. The predicted octanol–water partition coefficient (Wildman–Crippen LogP) is 3.53. The number of hydrogen-bond donors (Lipinski definition) is 0. The Morgan fingerprint density at radius 3 is 2.50 bits per heavy atom. The normalized spacial score (nSPS) is 20.1. The molecule has 1 fully saturated rings. The molecule has 1 atom stereocenters. The van der Waals surface area contributed by atoms with Gasteiger partial charge in [-0.05, 0) is 30.5 Å². The lowest BCUT2D eigenvalue weighted by molar-refractivity contribution is -0.142. The third-order valence-electron chi connectivity index (χ3n) is 4.18. The van der Waals surface area contributed by atoms with E-state index >= 15 is 0 Å². The zero-order chi connectivity index (χ0) is 18.1. The fourth-order valence-corrected chi connectivity index (χ4v) is 2.93. The van der Waals surface area contributed by atoms with E-state index in [4.69, 9.17) is 0 Å². The molecule has 1 aliphatic rings. The fraction of sp³-hybridized carbons (Fsp3) is 0.588. The highest BCUT2D eigenvalue weighted by Gasteiger charge is 2.35. The minimum absolute atomic E-state index is 0.0203. The van der Waals surface area contributed by atoms with Crippen molar-refractivity contribution in [3.63, 3.8) is 0 Å². The Morgan fingerprint density at radius 2 is 1.92 bits per heavy atom. The van der Waals surface area contributed by atoms with Crippen molar-refractivity contribution in [2.24, 2.45) is 5.92 Å². The summed E-state index contributed by atoms with van der Waals surface area (Å²) in [6.45, 7) is 7.80. The van der Waals surface area contributed by atoms with Gasteiger partial charge in [-0.25, -0.2) is 4.39 Å². The van der Waals surface area contributed by atoms with E-state index in [1.807, 2.05) is 18.7 Å². The minimum Gasteiger partial charge on any atom is -0.340 e. The summed E-state index contributed by atoms with van der Waals surface area (Å²) in [5, 5.41) is 0. The van der Waals surface area contributed by atoms with Gasteiger partial charge >= 0.3 is 6.18 Å². The molecule has 1 aliphatic heterocycles. The summed E-state index contributed by atoms with van der Waals surface area (Å²) in [5.74, 6) is -0.940. The van der Waals surface area contributed by atoms with Gasteiger partial charge in [0, 0.05) is 26.2 Å². The first-order chi connectivity index (χ1) is 11.1. The van der Waals surface area contributed by atoms with Gasteiger partial charge in [0.15, 0.2) is 0 Å². The van der Waals surface area contributed by atoms with Crippen molar-refractivity contribution in [1.29, 1.82) is 0 Å². The summed E-state index contributed by atoms with van der Waals surface area (Å²) in [5.41, 5.74) is -0.918. The van der Waals surface area contributed by atoms with E-state index in [9.17, 15) is 22.4 Å². The van der Waals surface area contributed by atoms with Gasteiger partial charge in [0.05, 0.1) is 11.6 Å². The van der Waals surface area contributed by atoms with Crippen LogP contribution in [0.3, 0.4) is 0 Å². The molecule has 0 bridgehead atoms. The number of carbonyl (C=O) groups is 1. The van der Waals surface area contributed by atoms with Crippen LogP contribution in [-0.2, 0) is 17.5 Å². The maximum absolute atomic E-state index is 13.4. The Hall–Kier alpha value is -1.63. The molecule has 3 nitrogen and oxygen atoms in total. The SMILES string of the molecule is CC(C)CN1CCN(Cc2ccc(F)c(C(F)(F)F)c2)[C@@H](C)C1=O. The van der Waals surface area contributed by atoms with Crippen molar-refractivity contribution in [1.82, 2.24) is 9.80 Å². The number of carbonyl (C=O) groups excluding carboxylic acids is 1. The first kappa shape index (κ1) is 18.7. The molecule has 1 heterocycles. The molecule has 1 saturated heterocycles. The number of halogens is 4. The van der Waals surface area contributed by atoms with Crippen LogP contribution in [0, 0.1) is 11.7 Å². The van der Waals surface area contributed by atoms with Crippen molar-refractivity contribution in [3.05, 3.63) is 35.1 Å². The lowest BCUT2D eigenvalue weighted by atomic mass is 10.1. The molecule has 0 saturated carbocycles. The summed E-state index contributed by atoms with van der Waals surface area (Å²) < 4.78 is 51.8. The van der Waals surface area contributed by atoms with Crippen LogP contribution in [0.5, 0.6) is 0 Å². The van der Waals surface area contributed by atoms with Crippen LogP contribution in [0.2, 0.25) is 0 Å². The molecule has 0 radical (unpaired) electrons. The Balaban J connectivity index is 2.11. The van der Waals surface area contributed by atoms with Crippen molar-refractivity contribution >= 4 is 5.91 Å². The number of benzene rings is 1. The Morgan fingerprint density at radius 1 is 1.25 bits per heavy atom. The van der Waals surface area contributed by atoms with Gasteiger partial charge in [-0.15, -0.1) is 0 Å². The standard InChI is InChI=1S/C17H22F4N2O/c1-11(2)9-23-7-6-22(12(3)16(23)24)10-13-4-5-15(18)14(8-13)17(19,20)21/h4-5,8,11-12H,6-7,9-10H2,1-3H3/t12-/m0/s1. The maximum atomic E-state index is 13.4. The second-order valence-electron chi connectivity index (χ2n) is 6.64. The van der Waals surface area contributed by atoms with Crippen LogP contribution in [-0.4, -0.2) is 41.4 Å². The summed E-state index contributed by atoms with van der Waals surface area (Å²) in [7, 11) is 0. The zero-order valence-electron chi connectivity index (χ0n) is 14.0. The van der Waals surface area contributed by atoms with E-state index in [0.717, 1.165) is 12.1 Å². The Kier molecular flexibility index (Phi) is 5.52. The zero-order valence-corrected chi connectivity index (χ0v) is 14.0. The first-order valence-electron chi connectivity index (χ1n) is 7.98. The number of nitrogens with zero attached hydrogens (tertiary/aromatic N) is 2. The van der Waals surface area contributed by atoms with Gasteiger partial charge in [-0.1, -0.05) is 19.9 Å². The molecule has 2 rings (SSSR count). The summed E-state index contributed by atoms with van der Waals surface area (Å²) >= 11 is 0. The largest absolute Gasteiger partial charge is 0.419 e. The lowest BCUT2D eigenvalue weighted by Gasteiger charge is -2.39. The minimum atomic E-state index is -4.72. The van der Waals surface area contributed by atoms with Gasteiger partial charge in [-0.2, -0.15) is 13.2 Å². The van der Waals surface area contributed by atoms with Crippen LogP contribution in [0.4, 0.5) is 17.6 Å². The average molecular weight is 346 g/mol. The van der Waals surface area contributed by atoms with Crippen molar-refractivity contribution in [3.8, 4) is 0 Å². The van der Waals surface area contributed by atoms with E-state index in [0.29, 0.717) is 31.1 Å². The molecule has 0 spiro atoms. The summed E-state index contributed by atoms with van der Waals surface area (Å²) in [6.07, 6.45) is -4.72. The molecular formula is C17H22F4N2O. The van der Waals surface area contributed by atoms with Crippen LogP contribution in [0.25, 0.3) is 0 Å². The molecular weight excluding hydrogens is 324 g/mol. The van der Waals surface area contributed by atoms with Crippen LogP contribution in [0.1, 0.15) is 31.9 Å². The highest BCUT2D eigenvalue weighted by atomic mass is 19.4. The molecule has 24 heavy (non-hydrogen) atoms. The second kappa shape index (κ2) is 7.09. The van der Waals surface area contributed by atoms with Gasteiger partial charge in [0.2, 0.25) is 5.91 Å². The number of rotatable bonds is 4. The topological polar surface area (TPSA) is 23.6 Å². The quantitative estimate of drug-likeness (QED) is 0.779. The Bertz CT molecular complexity index is 601. The predicted molar refractivity (Wildman–Crippen MR) is 82.7 cm³/mol. The van der Waals surface area contributed by atoms with Gasteiger partial charge < -0.3 is 4.90 Å². The van der Waals surface area contributed by atoms with Crippen LogP contribution >= 0.6 is 0 Å². The number of piperazine rings is 1. The molecule has 0 unspecified atom stereocenters. The molecule has 1 aromatic rings. The maximum Gasteiger partial charge on any atom is 0.419 e. The van der Waals surface area contributed by atoms with Crippen LogP contribution < -0.4 is 0 Å². The number of hydrogen-bond acceptors (Lipinski definition) is 2. The monoisotopic (exact) mass is 346 g/mol. The average Bonchev–Trinajstić information content (AvgIpc) is 2.47. The molecule has 0 N–H and O–H groups in total. The Labute approximate surface area is 139 Å². The van der Waals surface area contributed by atoms with Crippen LogP contribution in [0.15, 0.2) is 18.2 Å². The molecule has 7 heteroatoms. The molecule has 134 valence electrons. The third kappa shape index (κ3) is 4.26. The highest BCUT2D eigenvalue weighted by molar-refractivity contribution is 5.82. The fourth-order valence-electron chi connectivity index (χ4n) is 2.93. The number of alkyl halides is 3. The molecule has 1 amide bonds. The molecule has 1 aromatic carbocycles. The first-order valence-corrected chi connectivity index (χ1v) is 7.98. The second-order valence-corrected chi connectivity index (χ2v) is 6.64.